The average Bonchev–Trinajstić information content (AvgIpc) is 2.34. The van der Waals surface area contributed by atoms with Gasteiger partial charge in [-0.15, -0.1) is 11.6 Å². The Morgan fingerprint density at radius 2 is 2.05 bits per heavy atom. The van der Waals surface area contributed by atoms with E-state index in [-0.39, 0.29) is 17.4 Å². The summed E-state index contributed by atoms with van der Waals surface area (Å²) in [4.78, 5) is 13.9. The van der Waals surface area contributed by atoms with Crippen molar-refractivity contribution in [2.24, 2.45) is 0 Å². The summed E-state index contributed by atoms with van der Waals surface area (Å²) in [5, 5.41) is 0.0749. The predicted octanol–water partition coefficient (Wildman–Crippen LogP) is 3.56. The molecule has 0 aliphatic heterocycles. The van der Waals surface area contributed by atoms with Crippen LogP contribution in [0.25, 0.3) is 0 Å². The maximum Gasteiger partial charge on any atom is 0.253 e. The first-order valence-corrected chi connectivity index (χ1v) is 7.00. The number of hydrogen-bond donors (Lipinski definition) is 0. The fraction of sp³-hybridized carbons (Fsp3) is 0.533. The zero-order valence-electron chi connectivity index (χ0n) is 12.0. The molecule has 0 bridgehead atoms. The van der Waals surface area contributed by atoms with Gasteiger partial charge in [-0.2, -0.15) is 0 Å². The molecule has 1 aromatic rings. The molecule has 0 aliphatic rings. The molecule has 0 N–H and O–H groups in total. The van der Waals surface area contributed by atoms with Crippen LogP contribution in [0.2, 0.25) is 0 Å². The van der Waals surface area contributed by atoms with E-state index in [4.69, 9.17) is 16.3 Å². The molecule has 0 aliphatic carbocycles. The van der Waals surface area contributed by atoms with Crippen LogP contribution in [0.3, 0.4) is 0 Å². The van der Waals surface area contributed by atoms with E-state index in [9.17, 15) is 4.79 Å². The van der Waals surface area contributed by atoms with Gasteiger partial charge in [-0.3, -0.25) is 4.79 Å². The summed E-state index contributed by atoms with van der Waals surface area (Å²) in [7, 11) is 1.79. The van der Waals surface area contributed by atoms with Crippen LogP contribution in [0, 0.1) is 0 Å². The van der Waals surface area contributed by atoms with E-state index in [1.54, 1.807) is 24.1 Å². The Bertz CT molecular complexity index is 418. The molecular formula is C15H22ClNO2. The van der Waals surface area contributed by atoms with Crippen LogP contribution in [-0.2, 0) is 0 Å². The van der Waals surface area contributed by atoms with Crippen LogP contribution < -0.4 is 4.74 Å². The number of alkyl halides is 1. The van der Waals surface area contributed by atoms with Crippen LogP contribution in [0.4, 0.5) is 0 Å². The Balaban J connectivity index is 2.70. The van der Waals surface area contributed by atoms with Crippen LogP contribution in [-0.4, -0.2) is 35.9 Å². The number of ether oxygens (including phenoxy) is 1. The zero-order valence-corrected chi connectivity index (χ0v) is 12.8. The molecule has 0 saturated carbocycles. The molecule has 1 aromatic carbocycles. The van der Waals surface area contributed by atoms with Gasteiger partial charge in [-0.05, 0) is 45.4 Å². The highest BCUT2D eigenvalue weighted by Gasteiger charge is 2.13. The van der Waals surface area contributed by atoms with Crippen molar-refractivity contribution in [3.63, 3.8) is 0 Å². The van der Waals surface area contributed by atoms with E-state index in [0.29, 0.717) is 12.1 Å². The van der Waals surface area contributed by atoms with Crippen molar-refractivity contribution >= 4 is 17.5 Å². The molecule has 0 saturated heterocycles. The lowest BCUT2D eigenvalue weighted by Crippen LogP contribution is -2.28. The Hall–Kier alpha value is -1.22. The van der Waals surface area contributed by atoms with Crippen molar-refractivity contribution in [2.45, 2.75) is 38.7 Å². The Morgan fingerprint density at radius 1 is 1.37 bits per heavy atom. The molecule has 1 unspecified atom stereocenters. The van der Waals surface area contributed by atoms with Gasteiger partial charge in [0.15, 0.2) is 0 Å². The number of carbonyl (C=O) groups is 1. The van der Waals surface area contributed by atoms with Gasteiger partial charge in [-0.1, -0.05) is 6.07 Å². The molecule has 1 rings (SSSR count). The van der Waals surface area contributed by atoms with E-state index in [0.717, 1.165) is 12.2 Å². The summed E-state index contributed by atoms with van der Waals surface area (Å²) in [5.74, 6) is 0.714. The second kappa shape index (κ2) is 7.39. The van der Waals surface area contributed by atoms with Crippen LogP contribution in [0.5, 0.6) is 5.75 Å². The minimum Gasteiger partial charge on any atom is -0.491 e. The zero-order chi connectivity index (χ0) is 14.4. The van der Waals surface area contributed by atoms with E-state index < -0.39 is 0 Å². The maximum atomic E-state index is 12.2. The van der Waals surface area contributed by atoms with Gasteiger partial charge in [-0.25, -0.2) is 0 Å². The molecule has 0 fully saturated rings. The van der Waals surface area contributed by atoms with Gasteiger partial charge < -0.3 is 9.64 Å². The summed E-state index contributed by atoms with van der Waals surface area (Å²) in [6.07, 6.45) is 0.881. The monoisotopic (exact) mass is 283 g/mol. The van der Waals surface area contributed by atoms with Crippen molar-refractivity contribution in [2.75, 3.05) is 13.6 Å². The first-order valence-electron chi connectivity index (χ1n) is 6.56. The van der Waals surface area contributed by atoms with Crippen LogP contribution in [0.15, 0.2) is 24.3 Å². The van der Waals surface area contributed by atoms with Gasteiger partial charge in [0.05, 0.1) is 6.10 Å². The highest BCUT2D eigenvalue weighted by atomic mass is 35.5. The molecule has 0 aromatic heterocycles. The summed E-state index contributed by atoms with van der Waals surface area (Å²) < 4.78 is 5.59. The lowest BCUT2D eigenvalue weighted by molar-refractivity contribution is 0.0793. The van der Waals surface area contributed by atoms with Gasteiger partial charge in [0.25, 0.3) is 5.91 Å². The molecule has 19 heavy (non-hydrogen) atoms. The third-order valence-electron chi connectivity index (χ3n) is 2.66. The second-order valence-electron chi connectivity index (χ2n) is 4.99. The molecule has 1 atom stereocenters. The molecule has 0 radical (unpaired) electrons. The summed E-state index contributed by atoms with van der Waals surface area (Å²) in [5.41, 5.74) is 0.642. The minimum atomic E-state index is -0.00785. The van der Waals surface area contributed by atoms with E-state index in [1.165, 1.54) is 0 Å². The quantitative estimate of drug-likeness (QED) is 0.747. The average molecular weight is 284 g/mol. The number of nitrogens with zero attached hydrogens (tertiary/aromatic N) is 1. The van der Waals surface area contributed by atoms with Crippen LogP contribution >= 0.6 is 11.6 Å². The van der Waals surface area contributed by atoms with Crippen molar-refractivity contribution in [3.8, 4) is 5.75 Å². The molecule has 1 amide bonds. The van der Waals surface area contributed by atoms with Crippen LogP contribution in [0.1, 0.15) is 37.6 Å². The number of rotatable bonds is 6. The Morgan fingerprint density at radius 3 is 2.63 bits per heavy atom. The highest BCUT2D eigenvalue weighted by molar-refractivity contribution is 6.20. The minimum absolute atomic E-state index is 0.00785. The number of hydrogen-bond acceptors (Lipinski definition) is 2. The summed E-state index contributed by atoms with van der Waals surface area (Å²) in [6, 6.07) is 7.28. The summed E-state index contributed by atoms with van der Waals surface area (Å²) >= 11 is 5.90. The largest absolute Gasteiger partial charge is 0.491 e. The first-order chi connectivity index (χ1) is 8.90. The SMILES string of the molecule is CC(Cl)CCN(C)C(=O)c1cccc(OC(C)C)c1. The normalized spacial score (nSPS) is 12.3. The Labute approximate surface area is 120 Å². The number of halogens is 1. The maximum absolute atomic E-state index is 12.2. The van der Waals surface area contributed by atoms with Crippen molar-refractivity contribution < 1.29 is 9.53 Å². The molecular weight excluding hydrogens is 262 g/mol. The lowest BCUT2D eigenvalue weighted by Gasteiger charge is -2.18. The third-order valence-corrected chi connectivity index (χ3v) is 2.88. The second-order valence-corrected chi connectivity index (χ2v) is 5.74. The van der Waals surface area contributed by atoms with Gasteiger partial charge in [0.1, 0.15) is 5.75 Å². The molecule has 4 heteroatoms. The smallest absolute Gasteiger partial charge is 0.253 e. The van der Waals surface area contributed by atoms with E-state index >= 15 is 0 Å². The molecule has 0 heterocycles. The highest BCUT2D eigenvalue weighted by Crippen LogP contribution is 2.16. The van der Waals surface area contributed by atoms with E-state index in [2.05, 4.69) is 0 Å². The number of carbonyl (C=O) groups excluding carboxylic acids is 1. The van der Waals surface area contributed by atoms with Gasteiger partial charge in [0.2, 0.25) is 0 Å². The molecule has 0 spiro atoms. The predicted molar refractivity (Wildman–Crippen MR) is 79.1 cm³/mol. The van der Waals surface area contributed by atoms with E-state index in [1.807, 2.05) is 32.9 Å². The van der Waals surface area contributed by atoms with Crippen molar-refractivity contribution in [1.29, 1.82) is 0 Å². The van der Waals surface area contributed by atoms with Crippen molar-refractivity contribution in [1.82, 2.24) is 4.90 Å². The fourth-order valence-electron chi connectivity index (χ4n) is 1.67. The Kier molecular flexibility index (Phi) is 6.16. The summed E-state index contributed by atoms with van der Waals surface area (Å²) in [6.45, 7) is 6.50. The molecule has 106 valence electrons. The third kappa shape index (κ3) is 5.52. The van der Waals surface area contributed by atoms with Crippen molar-refractivity contribution in [3.05, 3.63) is 29.8 Å². The van der Waals surface area contributed by atoms with Gasteiger partial charge >= 0.3 is 0 Å². The lowest BCUT2D eigenvalue weighted by atomic mass is 10.2. The fourth-order valence-corrected chi connectivity index (χ4v) is 1.77. The number of amides is 1. The van der Waals surface area contributed by atoms with Gasteiger partial charge in [0, 0.05) is 24.5 Å². The molecule has 3 nitrogen and oxygen atoms in total. The topological polar surface area (TPSA) is 29.5 Å². The number of benzene rings is 1. The first kappa shape index (κ1) is 15.8. The standard InChI is InChI=1S/C15H22ClNO2/c1-11(2)19-14-7-5-6-13(10-14)15(18)17(4)9-8-12(3)16/h5-7,10-12H,8-9H2,1-4H3.